The number of carboxylic acids is 1. The second kappa shape index (κ2) is 6.45. The fourth-order valence-electron chi connectivity index (χ4n) is 1.70. The molecule has 0 amide bonds. The molecule has 1 aromatic carbocycles. The Kier molecular flexibility index (Phi) is 4.88. The number of carbonyl (C=O) groups is 1. The third-order valence-corrected chi connectivity index (χ3v) is 4.36. The van der Waals surface area contributed by atoms with E-state index in [-0.39, 0.29) is 5.75 Å². The highest BCUT2D eigenvalue weighted by molar-refractivity contribution is 9.10. The minimum atomic E-state index is -0.832. The molecular formula is C14H15BrN2O2S. The zero-order valence-corrected chi connectivity index (χ0v) is 13.6. The number of aromatic nitrogens is 2. The molecule has 2 rings (SSSR count). The van der Waals surface area contributed by atoms with E-state index in [4.69, 9.17) is 5.11 Å². The first-order valence-electron chi connectivity index (χ1n) is 6.18. The van der Waals surface area contributed by atoms with E-state index in [1.807, 2.05) is 30.3 Å². The second-order valence-electron chi connectivity index (χ2n) is 4.61. The molecule has 0 aliphatic heterocycles. The molecule has 1 heterocycles. The second-order valence-corrected chi connectivity index (χ2v) is 6.46. The zero-order valence-electron chi connectivity index (χ0n) is 11.2. The molecule has 0 aliphatic rings. The molecule has 0 radical (unpaired) electrons. The summed E-state index contributed by atoms with van der Waals surface area (Å²) in [6, 6.07) is 9.72. The summed E-state index contributed by atoms with van der Waals surface area (Å²) in [5, 5.41) is 14.3. The Morgan fingerprint density at radius 1 is 1.45 bits per heavy atom. The van der Waals surface area contributed by atoms with Crippen LogP contribution in [0.15, 0.2) is 39.8 Å². The third kappa shape index (κ3) is 3.43. The Labute approximate surface area is 130 Å². The van der Waals surface area contributed by atoms with Crippen LogP contribution in [0.4, 0.5) is 0 Å². The lowest BCUT2D eigenvalue weighted by Crippen LogP contribution is -2.03. The Bertz CT molecular complexity index is 625. The van der Waals surface area contributed by atoms with Gasteiger partial charge in [-0.2, -0.15) is 5.10 Å². The van der Waals surface area contributed by atoms with Crippen LogP contribution in [0.1, 0.15) is 25.5 Å². The Hall–Kier alpha value is -1.27. The van der Waals surface area contributed by atoms with Crippen LogP contribution in [0.5, 0.6) is 0 Å². The van der Waals surface area contributed by atoms with Gasteiger partial charge in [-0.15, -0.1) is 0 Å². The predicted octanol–water partition coefficient (Wildman–Crippen LogP) is 3.93. The maximum Gasteiger partial charge on any atom is 0.313 e. The maximum absolute atomic E-state index is 10.8. The van der Waals surface area contributed by atoms with E-state index in [0.29, 0.717) is 5.92 Å². The molecule has 0 saturated heterocycles. The Morgan fingerprint density at radius 3 is 2.75 bits per heavy atom. The van der Waals surface area contributed by atoms with Crippen LogP contribution in [0.3, 0.4) is 0 Å². The standard InChI is InChI=1S/C14H15BrN2O2S/c1-9(2)11-7-13(20-8-14(18)19)17(16-11)12-6-4-3-5-10(12)15/h3-7,9H,8H2,1-2H3,(H,18,19). The van der Waals surface area contributed by atoms with Crippen LogP contribution in [-0.4, -0.2) is 26.6 Å². The summed E-state index contributed by atoms with van der Waals surface area (Å²) in [4.78, 5) is 10.8. The van der Waals surface area contributed by atoms with Gasteiger partial charge in [0.15, 0.2) is 0 Å². The van der Waals surface area contributed by atoms with E-state index in [1.54, 1.807) is 4.68 Å². The first kappa shape index (κ1) is 15.1. The Balaban J connectivity index is 2.44. The van der Waals surface area contributed by atoms with Crippen molar-refractivity contribution >= 4 is 33.7 Å². The third-order valence-electron chi connectivity index (χ3n) is 2.71. The number of carboxylic acid groups (broad SMARTS) is 1. The predicted molar refractivity (Wildman–Crippen MR) is 83.7 cm³/mol. The molecule has 0 saturated carbocycles. The van der Waals surface area contributed by atoms with E-state index in [2.05, 4.69) is 34.9 Å². The highest BCUT2D eigenvalue weighted by Gasteiger charge is 2.15. The fourth-order valence-corrected chi connectivity index (χ4v) is 2.89. The van der Waals surface area contributed by atoms with Crippen molar-refractivity contribution in [2.45, 2.75) is 24.8 Å². The van der Waals surface area contributed by atoms with Gasteiger partial charge < -0.3 is 5.11 Å². The van der Waals surface area contributed by atoms with Gasteiger partial charge in [-0.25, -0.2) is 4.68 Å². The smallest absolute Gasteiger partial charge is 0.313 e. The highest BCUT2D eigenvalue weighted by atomic mass is 79.9. The maximum atomic E-state index is 10.8. The Morgan fingerprint density at radius 2 is 2.15 bits per heavy atom. The van der Waals surface area contributed by atoms with Gasteiger partial charge in [0, 0.05) is 4.47 Å². The van der Waals surface area contributed by atoms with Crippen molar-refractivity contribution in [3.63, 3.8) is 0 Å². The largest absolute Gasteiger partial charge is 0.481 e. The van der Waals surface area contributed by atoms with Crippen molar-refractivity contribution in [2.24, 2.45) is 0 Å². The van der Waals surface area contributed by atoms with Gasteiger partial charge in [-0.3, -0.25) is 4.79 Å². The molecule has 0 aliphatic carbocycles. The van der Waals surface area contributed by atoms with Gasteiger partial charge >= 0.3 is 5.97 Å². The number of nitrogens with zero attached hydrogens (tertiary/aromatic N) is 2. The number of rotatable bonds is 5. The van der Waals surface area contributed by atoms with E-state index < -0.39 is 5.97 Å². The number of para-hydroxylation sites is 1. The van der Waals surface area contributed by atoms with Gasteiger partial charge in [-0.05, 0) is 40.0 Å². The number of aliphatic carboxylic acids is 1. The number of hydrogen-bond acceptors (Lipinski definition) is 3. The monoisotopic (exact) mass is 354 g/mol. The summed E-state index contributed by atoms with van der Waals surface area (Å²) in [7, 11) is 0. The van der Waals surface area contributed by atoms with Crippen molar-refractivity contribution in [2.75, 3.05) is 5.75 Å². The van der Waals surface area contributed by atoms with Crippen molar-refractivity contribution in [3.05, 3.63) is 40.5 Å². The minimum absolute atomic E-state index is 0.0215. The van der Waals surface area contributed by atoms with Crippen LogP contribution >= 0.6 is 27.7 Å². The molecule has 1 aromatic heterocycles. The van der Waals surface area contributed by atoms with E-state index >= 15 is 0 Å². The lowest BCUT2D eigenvalue weighted by molar-refractivity contribution is -0.133. The molecule has 0 fully saturated rings. The van der Waals surface area contributed by atoms with Crippen LogP contribution in [0, 0.1) is 0 Å². The topological polar surface area (TPSA) is 55.1 Å². The van der Waals surface area contributed by atoms with E-state index in [9.17, 15) is 4.79 Å². The number of hydrogen-bond donors (Lipinski definition) is 1. The molecule has 106 valence electrons. The van der Waals surface area contributed by atoms with E-state index in [1.165, 1.54) is 11.8 Å². The zero-order chi connectivity index (χ0) is 14.7. The first-order valence-corrected chi connectivity index (χ1v) is 7.96. The lowest BCUT2D eigenvalue weighted by Gasteiger charge is -2.08. The fraction of sp³-hybridized carbons (Fsp3) is 0.286. The van der Waals surface area contributed by atoms with Crippen molar-refractivity contribution in [1.82, 2.24) is 9.78 Å². The first-order chi connectivity index (χ1) is 9.49. The van der Waals surface area contributed by atoms with Crippen LogP contribution in [0.25, 0.3) is 5.69 Å². The summed E-state index contributed by atoms with van der Waals surface area (Å²) in [5.41, 5.74) is 1.86. The van der Waals surface area contributed by atoms with Crippen molar-refractivity contribution in [1.29, 1.82) is 0 Å². The average Bonchev–Trinajstić information content (AvgIpc) is 2.81. The molecule has 0 spiro atoms. The van der Waals surface area contributed by atoms with Crippen molar-refractivity contribution < 1.29 is 9.90 Å². The molecule has 4 nitrogen and oxygen atoms in total. The normalized spacial score (nSPS) is 11.0. The van der Waals surface area contributed by atoms with Gasteiger partial charge in [0.1, 0.15) is 5.03 Å². The summed E-state index contributed by atoms with van der Waals surface area (Å²) < 4.78 is 2.73. The summed E-state index contributed by atoms with van der Waals surface area (Å²) in [5.74, 6) is -0.517. The number of halogens is 1. The van der Waals surface area contributed by atoms with Crippen LogP contribution < -0.4 is 0 Å². The summed E-state index contributed by atoms with van der Waals surface area (Å²) in [6.45, 7) is 4.14. The van der Waals surface area contributed by atoms with Crippen LogP contribution in [-0.2, 0) is 4.79 Å². The quantitative estimate of drug-likeness (QED) is 0.826. The molecular weight excluding hydrogens is 340 g/mol. The number of benzene rings is 1. The van der Waals surface area contributed by atoms with Gasteiger partial charge in [0.05, 0.1) is 17.1 Å². The summed E-state index contributed by atoms with van der Waals surface area (Å²) >= 11 is 4.78. The highest BCUT2D eigenvalue weighted by Crippen LogP contribution is 2.29. The molecule has 1 N–H and O–H groups in total. The molecule has 0 atom stereocenters. The van der Waals surface area contributed by atoms with E-state index in [0.717, 1.165) is 20.9 Å². The number of thioether (sulfide) groups is 1. The minimum Gasteiger partial charge on any atom is -0.481 e. The lowest BCUT2D eigenvalue weighted by atomic mass is 10.1. The molecule has 0 bridgehead atoms. The molecule has 0 unspecified atom stereocenters. The molecule has 20 heavy (non-hydrogen) atoms. The van der Waals surface area contributed by atoms with Gasteiger partial charge in [-0.1, -0.05) is 37.7 Å². The average molecular weight is 355 g/mol. The van der Waals surface area contributed by atoms with Gasteiger partial charge in [0.2, 0.25) is 0 Å². The van der Waals surface area contributed by atoms with Crippen molar-refractivity contribution in [3.8, 4) is 5.69 Å². The summed E-state index contributed by atoms with van der Waals surface area (Å²) in [6.07, 6.45) is 0. The molecule has 2 aromatic rings. The van der Waals surface area contributed by atoms with Gasteiger partial charge in [0.25, 0.3) is 0 Å². The molecule has 6 heteroatoms. The SMILES string of the molecule is CC(C)c1cc(SCC(=O)O)n(-c2ccccc2Br)n1. The van der Waals surface area contributed by atoms with Crippen LogP contribution in [0.2, 0.25) is 0 Å².